The van der Waals surface area contributed by atoms with Gasteiger partial charge in [-0.15, -0.1) is 0 Å². The van der Waals surface area contributed by atoms with Crippen molar-refractivity contribution in [2.24, 2.45) is 11.5 Å². The summed E-state index contributed by atoms with van der Waals surface area (Å²) >= 11 is 0. The predicted octanol–water partition coefficient (Wildman–Crippen LogP) is -2.88. The fraction of sp³-hybridized carbons (Fsp3) is 0.722. The second-order valence-corrected chi connectivity index (χ2v) is 7.72. The lowest BCUT2D eigenvalue weighted by molar-refractivity contribution is -0.152. The topological polar surface area (TPSA) is 196 Å². The van der Waals surface area contributed by atoms with Gasteiger partial charge < -0.3 is 36.8 Å². The summed E-state index contributed by atoms with van der Waals surface area (Å²) in [5, 5.41) is 21.1. The monoisotopic (exact) mass is 427 g/mol. The summed E-state index contributed by atoms with van der Waals surface area (Å²) in [5.41, 5.74) is 10.8. The molecular formula is C18H29N5O7. The number of hydrogen-bond donors (Lipinski definition) is 5. The average Bonchev–Trinajstić information content (AvgIpc) is 3.34. The van der Waals surface area contributed by atoms with Crippen LogP contribution in [0.4, 0.5) is 0 Å². The molecule has 0 spiro atoms. The van der Waals surface area contributed by atoms with Crippen molar-refractivity contribution in [3.63, 3.8) is 0 Å². The molecule has 0 aliphatic carbocycles. The van der Waals surface area contributed by atoms with Gasteiger partial charge in [0, 0.05) is 13.1 Å². The molecule has 0 bridgehead atoms. The maximum absolute atomic E-state index is 13.1. The molecule has 2 saturated heterocycles. The van der Waals surface area contributed by atoms with Gasteiger partial charge in [-0.25, -0.2) is 4.79 Å². The van der Waals surface area contributed by atoms with Crippen LogP contribution in [0.3, 0.4) is 0 Å². The van der Waals surface area contributed by atoms with Gasteiger partial charge in [-0.05, 0) is 32.6 Å². The highest BCUT2D eigenvalue weighted by molar-refractivity contribution is 5.96. The number of amides is 4. The number of aliphatic carboxylic acids is 1. The Kier molecular flexibility index (Phi) is 7.73. The van der Waals surface area contributed by atoms with E-state index in [0.717, 1.165) is 0 Å². The highest BCUT2D eigenvalue weighted by Crippen LogP contribution is 2.25. The summed E-state index contributed by atoms with van der Waals surface area (Å²) in [4.78, 5) is 63.6. The van der Waals surface area contributed by atoms with Gasteiger partial charge in [0.05, 0.1) is 12.5 Å². The molecule has 2 rings (SSSR count). The molecule has 0 radical (unpaired) electrons. The Balaban J connectivity index is 2.17. The van der Waals surface area contributed by atoms with E-state index < -0.39 is 66.3 Å². The van der Waals surface area contributed by atoms with Gasteiger partial charge in [0.15, 0.2) is 0 Å². The number of likely N-dealkylation sites (tertiary alicyclic amines) is 2. The predicted molar refractivity (Wildman–Crippen MR) is 103 cm³/mol. The summed E-state index contributed by atoms with van der Waals surface area (Å²) in [5.74, 6) is -3.91. The van der Waals surface area contributed by atoms with E-state index >= 15 is 0 Å². The third-order valence-electron chi connectivity index (χ3n) is 5.48. The Labute approximate surface area is 173 Å². The van der Waals surface area contributed by atoms with Gasteiger partial charge >= 0.3 is 5.97 Å². The fourth-order valence-corrected chi connectivity index (χ4v) is 3.85. The number of rotatable bonds is 8. The summed E-state index contributed by atoms with van der Waals surface area (Å²) in [6.07, 6.45) is 0.0743. The van der Waals surface area contributed by atoms with E-state index in [0.29, 0.717) is 32.2 Å². The van der Waals surface area contributed by atoms with Crippen molar-refractivity contribution in [3.05, 3.63) is 0 Å². The molecule has 30 heavy (non-hydrogen) atoms. The van der Waals surface area contributed by atoms with E-state index in [1.165, 1.54) is 16.7 Å². The first kappa shape index (κ1) is 23.5. The molecule has 2 fully saturated rings. The number of nitrogens with two attached hydrogens (primary N) is 2. The number of aliphatic hydroxyl groups is 1. The average molecular weight is 427 g/mol. The minimum atomic E-state index is -1.35. The lowest BCUT2D eigenvalue weighted by atomic mass is 10.1. The summed E-state index contributed by atoms with van der Waals surface area (Å²) in [6.45, 7) is 1.81. The quantitative estimate of drug-likeness (QED) is 0.272. The normalized spacial score (nSPS) is 24.2. The number of nitrogens with zero attached hydrogens (tertiary/aromatic N) is 2. The Morgan fingerprint density at radius 2 is 1.63 bits per heavy atom. The maximum atomic E-state index is 13.1. The van der Waals surface area contributed by atoms with Crippen molar-refractivity contribution in [1.82, 2.24) is 15.1 Å². The molecule has 0 saturated carbocycles. The highest BCUT2D eigenvalue weighted by atomic mass is 16.4. The second kappa shape index (κ2) is 9.85. The van der Waals surface area contributed by atoms with Crippen LogP contribution in [0.15, 0.2) is 0 Å². The highest BCUT2D eigenvalue weighted by Gasteiger charge is 2.43. The van der Waals surface area contributed by atoms with Crippen LogP contribution in [0.2, 0.25) is 0 Å². The van der Waals surface area contributed by atoms with E-state index in [2.05, 4.69) is 5.32 Å². The SMILES string of the molecule is CC(O)C(N)C(=O)NC(CC(N)=O)C(=O)N1CCCC1C(=O)N1CCCC1C(=O)O. The number of carboxylic acid groups (broad SMARTS) is 1. The molecule has 168 valence electrons. The Hall–Kier alpha value is -2.73. The zero-order valence-corrected chi connectivity index (χ0v) is 16.8. The van der Waals surface area contributed by atoms with Gasteiger partial charge in [0.25, 0.3) is 0 Å². The van der Waals surface area contributed by atoms with Crippen LogP contribution < -0.4 is 16.8 Å². The van der Waals surface area contributed by atoms with E-state index in [1.54, 1.807) is 0 Å². The van der Waals surface area contributed by atoms with E-state index in [9.17, 15) is 34.2 Å². The summed E-state index contributed by atoms with van der Waals surface area (Å²) in [7, 11) is 0. The largest absolute Gasteiger partial charge is 0.480 e. The smallest absolute Gasteiger partial charge is 0.326 e. The molecule has 2 heterocycles. The first-order chi connectivity index (χ1) is 14.0. The number of carbonyl (C=O) groups excluding carboxylic acids is 4. The molecule has 0 aromatic heterocycles. The van der Waals surface area contributed by atoms with Crippen molar-refractivity contribution in [2.45, 2.75) is 69.3 Å². The van der Waals surface area contributed by atoms with Crippen LogP contribution in [0.25, 0.3) is 0 Å². The number of aliphatic hydroxyl groups excluding tert-OH is 1. The zero-order chi connectivity index (χ0) is 22.6. The van der Waals surface area contributed by atoms with Gasteiger partial charge in [0.1, 0.15) is 24.2 Å². The van der Waals surface area contributed by atoms with Gasteiger partial charge in [-0.2, -0.15) is 0 Å². The van der Waals surface area contributed by atoms with Crippen molar-refractivity contribution >= 4 is 29.6 Å². The standard InChI is InChI=1S/C18H29N5O7/c1-9(24)14(20)15(26)21-10(8-13(19)25)16(27)22-6-2-4-11(22)17(28)23-7-3-5-12(23)18(29)30/h9-12,14,24H,2-8,20H2,1H3,(H2,19,25)(H,21,26)(H,29,30). The third-order valence-corrected chi connectivity index (χ3v) is 5.48. The number of primary amides is 1. The molecule has 2 aliphatic heterocycles. The lowest BCUT2D eigenvalue weighted by Gasteiger charge is -2.32. The van der Waals surface area contributed by atoms with Gasteiger partial charge in [0.2, 0.25) is 23.6 Å². The van der Waals surface area contributed by atoms with Crippen LogP contribution >= 0.6 is 0 Å². The maximum Gasteiger partial charge on any atom is 0.326 e. The molecule has 4 amide bonds. The van der Waals surface area contributed by atoms with Crippen molar-refractivity contribution in [1.29, 1.82) is 0 Å². The summed E-state index contributed by atoms with van der Waals surface area (Å²) in [6, 6.07) is -4.47. The first-order valence-corrected chi connectivity index (χ1v) is 9.90. The van der Waals surface area contributed by atoms with Gasteiger partial charge in [-0.3, -0.25) is 19.2 Å². The van der Waals surface area contributed by atoms with Crippen LogP contribution in [-0.2, 0) is 24.0 Å². The third kappa shape index (κ3) is 5.25. The lowest BCUT2D eigenvalue weighted by Crippen LogP contribution is -2.58. The Morgan fingerprint density at radius 1 is 1.07 bits per heavy atom. The molecule has 2 aliphatic rings. The Bertz CT molecular complexity index is 713. The molecule has 5 unspecified atom stereocenters. The molecule has 0 aromatic rings. The second-order valence-electron chi connectivity index (χ2n) is 7.72. The fourth-order valence-electron chi connectivity index (χ4n) is 3.85. The molecular weight excluding hydrogens is 398 g/mol. The zero-order valence-electron chi connectivity index (χ0n) is 16.8. The summed E-state index contributed by atoms with van der Waals surface area (Å²) < 4.78 is 0. The molecule has 7 N–H and O–H groups in total. The van der Waals surface area contributed by atoms with Crippen LogP contribution in [-0.4, -0.2) is 93.0 Å². The first-order valence-electron chi connectivity index (χ1n) is 9.90. The van der Waals surface area contributed by atoms with E-state index in [1.807, 2.05) is 0 Å². The van der Waals surface area contributed by atoms with Gasteiger partial charge in [-0.1, -0.05) is 0 Å². The van der Waals surface area contributed by atoms with Crippen LogP contribution in [0, 0.1) is 0 Å². The minimum Gasteiger partial charge on any atom is -0.480 e. The van der Waals surface area contributed by atoms with Crippen LogP contribution in [0.1, 0.15) is 39.0 Å². The van der Waals surface area contributed by atoms with Crippen molar-refractivity contribution in [2.75, 3.05) is 13.1 Å². The van der Waals surface area contributed by atoms with E-state index in [-0.39, 0.29) is 6.54 Å². The Morgan fingerprint density at radius 3 is 2.17 bits per heavy atom. The number of carboxylic acids is 1. The molecule has 5 atom stereocenters. The molecule has 0 aromatic carbocycles. The number of carbonyl (C=O) groups is 5. The number of nitrogens with one attached hydrogen (secondary N) is 1. The molecule has 12 heteroatoms. The van der Waals surface area contributed by atoms with E-state index in [4.69, 9.17) is 11.5 Å². The van der Waals surface area contributed by atoms with Crippen molar-refractivity contribution < 1.29 is 34.2 Å². The minimum absolute atomic E-state index is 0.217. The number of hydrogen-bond acceptors (Lipinski definition) is 7. The van der Waals surface area contributed by atoms with Crippen molar-refractivity contribution in [3.8, 4) is 0 Å². The molecule has 12 nitrogen and oxygen atoms in total. The van der Waals surface area contributed by atoms with Crippen LogP contribution in [0.5, 0.6) is 0 Å².